The third-order valence-electron chi connectivity index (χ3n) is 3.00. The largest absolute Gasteiger partial charge is 0.380 e. The van der Waals surface area contributed by atoms with E-state index in [2.05, 4.69) is 41.6 Å². The van der Waals surface area contributed by atoms with Crippen LogP contribution in [0, 0.1) is 0 Å². The molecule has 6 nitrogen and oxygen atoms in total. The lowest BCUT2D eigenvalue weighted by Gasteiger charge is -2.10. The van der Waals surface area contributed by atoms with Gasteiger partial charge in [-0.15, -0.1) is 24.0 Å². The zero-order valence-electron chi connectivity index (χ0n) is 14.0. The SMILES string of the molecule is CCCCOCCNC(=NC)NCc1cc(C(C)C)no1.I. The van der Waals surface area contributed by atoms with Gasteiger partial charge in [-0.3, -0.25) is 4.99 Å². The van der Waals surface area contributed by atoms with Gasteiger partial charge in [0.1, 0.15) is 0 Å². The molecular weight excluding hydrogens is 395 g/mol. The van der Waals surface area contributed by atoms with E-state index in [0.717, 1.165) is 43.4 Å². The minimum absolute atomic E-state index is 0. The van der Waals surface area contributed by atoms with Crippen molar-refractivity contribution >= 4 is 29.9 Å². The predicted molar refractivity (Wildman–Crippen MR) is 99.9 cm³/mol. The number of guanidine groups is 1. The van der Waals surface area contributed by atoms with E-state index < -0.39 is 0 Å². The van der Waals surface area contributed by atoms with Gasteiger partial charge in [-0.1, -0.05) is 32.3 Å². The van der Waals surface area contributed by atoms with Crippen molar-refractivity contribution in [3.05, 3.63) is 17.5 Å². The van der Waals surface area contributed by atoms with Gasteiger partial charge in [0.25, 0.3) is 0 Å². The number of hydrogen-bond donors (Lipinski definition) is 2. The highest BCUT2D eigenvalue weighted by Crippen LogP contribution is 2.13. The van der Waals surface area contributed by atoms with E-state index in [-0.39, 0.29) is 24.0 Å². The molecular formula is C15H29IN4O2. The topological polar surface area (TPSA) is 71.7 Å². The summed E-state index contributed by atoms with van der Waals surface area (Å²) in [5.41, 5.74) is 0.971. The lowest BCUT2D eigenvalue weighted by molar-refractivity contribution is 0.136. The Hall–Kier alpha value is -0.830. The second kappa shape index (κ2) is 12.7. The number of aromatic nitrogens is 1. The van der Waals surface area contributed by atoms with Crippen LogP contribution in [0.3, 0.4) is 0 Å². The summed E-state index contributed by atoms with van der Waals surface area (Å²) >= 11 is 0. The quantitative estimate of drug-likeness (QED) is 0.276. The predicted octanol–water partition coefficient (Wildman–Crippen LogP) is 2.90. The second-order valence-electron chi connectivity index (χ2n) is 5.19. The number of halogens is 1. The molecule has 128 valence electrons. The molecule has 2 N–H and O–H groups in total. The highest BCUT2D eigenvalue weighted by atomic mass is 127. The van der Waals surface area contributed by atoms with Crippen molar-refractivity contribution in [3.63, 3.8) is 0 Å². The summed E-state index contributed by atoms with van der Waals surface area (Å²) in [5, 5.41) is 10.4. The molecule has 1 aromatic rings. The molecule has 7 heteroatoms. The Kier molecular flexibility index (Phi) is 12.2. The van der Waals surface area contributed by atoms with Crippen LogP contribution in [0.25, 0.3) is 0 Å². The molecule has 1 aromatic heterocycles. The average Bonchev–Trinajstić information content (AvgIpc) is 2.95. The van der Waals surface area contributed by atoms with E-state index >= 15 is 0 Å². The molecule has 1 rings (SSSR count). The molecule has 0 saturated carbocycles. The second-order valence-corrected chi connectivity index (χ2v) is 5.19. The Morgan fingerprint density at radius 3 is 2.73 bits per heavy atom. The molecule has 1 heterocycles. The normalized spacial score (nSPS) is 11.4. The van der Waals surface area contributed by atoms with Gasteiger partial charge in [0.2, 0.25) is 0 Å². The van der Waals surface area contributed by atoms with E-state index in [9.17, 15) is 0 Å². The van der Waals surface area contributed by atoms with Crippen molar-refractivity contribution in [2.24, 2.45) is 4.99 Å². The fourth-order valence-electron chi connectivity index (χ4n) is 1.67. The number of hydrogen-bond acceptors (Lipinski definition) is 4. The van der Waals surface area contributed by atoms with Gasteiger partial charge < -0.3 is 19.9 Å². The standard InChI is InChI=1S/C15H28N4O2.HI/c1-5-6-8-20-9-7-17-15(16-4)18-11-13-10-14(12(2)3)19-21-13;/h10,12H,5-9,11H2,1-4H3,(H2,16,17,18);1H. The molecule has 0 unspecified atom stereocenters. The molecule has 0 amide bonds. The third kappa shape index (κ3) is 8.57. The number of nitrogens with zero attached hydrogens (tertiary/aromatic N) is 2. The van der Waals surface area contributed by atoms with Crippen molar-refractivity contribution < 1.29 is 9.26 Å². The Balaban J connectivity index is 0.00000441. The number of ether oxygens (including phenoxy) is 1. The molecule has 22 heavy (non-hydrogen) atoms. The molecule has 0 bridgehead atoms. The summed E-state index contributed by atoms with van der Waals surface area (Å²) in [7, 11) is 1.74. The molecule has 0 spiro atoms. The van der Waals surface area contributed by atoms with Crippen molar-refractivity contribution in [2.75, 3.05) is 26.8 Å². The minimum atomic E-state index is 0. The molecule has 0 radical (unpaired) electrons. The Morgan fingerprint density at radius 2 is 2.14 bits per heavy atom. The van der Waals surface area contributed by atoms with Crippen LogP contribution >= 0.6 is 24.0 Å². The lowest BCUT2D eigenvalue weighted by atomic mass is 10.1. The monoisotopic (exact) mass is 424 g/mol. The number of unbranched alkanes of at least 4 members (excludes halogenated alkanes) is 1. The van der Waals surface area contributed by atoms with Gasteiger partial charge in [-0.05, 0) is 12.3 Å². The van der Waals surface area contributed by atoms with E-state index in [4.69, 9.17) is 9.26 Å². The minimum Gasteiger partial charge on any atom is -0.380 e. The Bertz CT molecular complexity index is 421. The van der Waals surface area contributed by atoms with Crippen LogP contribution in [0.4, 0.5) is 0 Å². The first-order valence-corrected chi connectivity index (χ1v) is 7.65. The summed E-state index contributed by atoms with van der Waals surface area (Å²) in [6, 6.07) is 1.97. The first-order chi connectivity index (χ1) is 10.2. The molecule has 0 aromatic carbocycles. The van der Waals surface area contributed by atoms with Crippen LogP contribution in [0.2, 0.25) is 0 Å². The third-order valence-corrected chi connectivity index (χ3v) is 3.00. The Labute approximate surface area is 150 Å². The maximum Gasteiger partial charge on any atom is 0.191 e. The van der Waals surface area contributed by atoms with Crippen LogP contribution in [-0.2, 0) is 11.3 Å². The van der Waals surface area contributed by atoms with Crippen LogP contribution in [-0.4, -0.2) is 37.9 Å². The molecule has 0 atom stereocenters. The summed E-state index contributed by atoms with van der Waals surface area (Å²) in [4.78, 5) is 4.16. The summed E-state index contributed by atoms with van der Waals surface area (Å²) in [6.07, 6.45) is 2.27. The maximum absolute atomic E-state index is 5.49. The van der Waals surface area contributed by atoms with Crippen LogP contribution in [0.15, 0.2) is 15.6 Å². The van der Waals surface area contributed by atoms with Crippen molar-refractivity contribution in [1.82, 2.24) is 15.8 Å². The lowest BCUT2D eigenvalue weighted by Crippen LogP contribution is -2.38. The smallest absolute Gasteiger partial charge is 0.191 e. The molecule has 0 saturated heterocycles. The van der Waals surface area contributed by atoms with Gasteiger partial charge in [0.15, 0.2) is 11.7 Å². The van der Waals surface area contributed by atoms with Crippen molar-refractivity contribution in [1.29, 1.82) is 0 Å². The molecule has 0 aliphatic rings. The fraction of sp³-hybridized carbons (Fsp3) is 0.733. The van der Waals surface area contributed by atoms with Crippen LogP contribution in [0.5, 0.6) is 0 Å². The van der Waals surface area contributed by atoms with Crippen LogP contribution in [0.1, 0.15) is 51.0 Å². The zero-order valence-corrected chi connectivity index (χ0v) is 16.3. The summed E-state index contributed by atoms with van der Waals surface area (Å²) in [6.45, 7) is 9.14. The molecule has 0 fully saturated rings. The van der Waals surface area contributed by atoms with Crippen molar-refractivity contribution in [3.8, 4) is 0 Å². The number of nitrogens with one attached hydrogen (secondary N) is 2. The van der Waals surface area contributed by atoms with E-state index in [1.807, 2.05) is 6.07 Å². The Morgan fingerprint density at radius 1 is 1.36 bits per heavy atom. The van der Waals surface area contributed by atoms with Crippen LogP contribution < -0.4 is 10.6 Å². The fourth-order valence-corrected chi connectivity index (χ4v) is 1.67. The summed E-state index contributed by atoms with van der Waals surface area (Å²) < 4.78 is 10.8. The zero-order chi connectivity index (χ0) is 15.5. The van der Waals surface area contributed by atoms with E-state index in [0.29, 0.717) is 19.1 Å². The highest BCUT2D eigenvalue weighted by Gasteiger charge is 2.07. The van der Waals surface area contributed by atoms with Gasteiger partial charge in [0, 0.05) is 26.3 Å². The van der Waals surface area contributed by atoms with Gasteiger partial charge in [0.05, 0.1) is 18.8 Å². The summed E-state index contributed by atoms with van der Waals surface area (Å²) in [5.74, 6) is 1.91. The average molecular weight is 424 g/mol. The molecule has 0 aliphatic carbocycles. The van der Waals surface area contributed by atoms with Crippen molar-refractivity contribution in [2.45, 2.75) is 46.1 Å². The maximum atomic E-state index is 5.49. The van der Waals surface area contributed by atoms with E-state index in [1.54, 1.807) is 7.05 Å². The van der Waals surface area contributed by atoms with Gasteiger partial charge in [-0.25, -0.2) is 0 Å². The first-order valence-electron chi connectivity index (χ1n) is 7.65. The van der Waals surface area contributed by atoms with Gasteiger partial charge in [-0.2, -0.15) is 0 Å². The number of aliphatic imine (C=N–C) groups is 1. The first kappa shape index (κ1) is 21.2. The van der Waals surface area contributed by atoms with Gasteiger partial charge >= 0.3 is 0 Å². The number of rotatable bonds is 9. The highest BCUT2D eigenvalue weighted by molar-refractivity contribution is 14.0. The van der Waals surface area contributed by atoms with E-state index in [1.165, 1.54) is 0 Å². The molecule has 0 aliphatic heterocycles.